The zero-order valence-electron chi connectivity index (χ0n) is 19.1. The Labute approximate surface area is 207 Å². The van der Waals surface area contributed by atoms with Crippen LogP contribution in [0.4, 0.5) is 5.82 Å². The fourth-order valence-corrected chi connectivity index (χ4v) is 6.61. The Balaban J connectivity index is 1.44. The first-order valence-corrected chi connectivity index (χ1v) is 13.9. The second-order valence-electron chi connectivity index (χ2n) is 8.49. The maximum Gasteiger partial charge on any atom is 0.229 e. The first kappa shape index (κ1) is 21.9. The van der Waals surface area contributed by atoms with Crippen LogP contribution in [-0.4, -0.2) is 41.3 Å². The van der Waals surface area contributed by atoms with Crippen molar-refractivity contribution in [3.05, 3.63) is 83.2 Å². The van der Waals surface area contributed by atoms with Gasteiger partial charge >= 0.3 is 0 Å². The molecule has 0 spiro atoms. The highest BCUT2D eigenvalue weighted by molar-refractivity contribution is 7.91. The lowest BCUT2D eigenvalue weighted by Gasteiger charge is -2.28. The average Bonchev–Trinajstić information content (AvgIpc) is 3.56. The summed E-state index contributed by atoms with van der Waals surface area (Å²) in [6.07, 6.45) is 3.95. The summed E-state index contributed by atoms with van der Waals surface area (Å²) in [5.41, 5.74) is 4.69. The van der Waals surface area contributed by atoms with Gasteiger partial charge in [-0.1, -0.05) is 60.7 Å². The van der Waals surface area contributed by atoms with E-state index in [1.807, 2.05) is 36.6 Å². The van der Waals surface area contributed by atoms with Crippen molar-refractivity contribution in [3.63, 3.8) is 0 Å². The number of aryl methyl sites for hydroxylation is 1. The highest BCUT2D eigenvalue weighted by atomic mass is 32.2. The minimum Gasteiger partial charge on any atom is -0.351 e. The predicted molar refractivity (Wildman–Crippen MR) is 139 cm³/mol. The lowest BCUT2D eigenvalue weighted by molar-refractivity contribution is 0.592. The fraction of sp³-hybridized carbons (Fsp3) is 0.192. The quantitative estimate of drug-likeness (QED) is 0.336. The Bertz CT molecular complexity index is 1670. The molecule has 7 nitrogen and oxygen atoms in total. The maximum atomic E-state index is 13.5. The Kier molecular flexibility index (Phi) is 5.38. The normalized spacial score (nSPS) is 14.5. The third-order valence-corrected chi connectivity index (χ3v) is 9.02. The molecule has 0 fully saturated rings. The molecule has 5 aromatic rings. The van der Waals surface area contributed by atoms with Crippen LogP contribution in [0.1, 0.15) is 24.5 Å². The molecule has 0 amide bonds. The molecule has 0 radical (unpaired) electrons. The van der Waals surface area contributed by atoms with Crippen molar-refractivity contribution in [2.45, 2.75) is 29.7 Å². The van der Waals surface area contributed by atoms with Gasteiger partial charge < -0.3 is 4.90 Å². The van der Waals surface area contributed by atoms with Crippen molar-refractivity contribution in [2.75, 3.05) is 18.0 Å². The van der Waals surface area contributed by atoms with E-state index < -0.39 is 9.84 Å². The van der Waals surface area contributed by atoms with E-state index in [-0.39, 0.29) is 15.6 Å². The molecule has 3 aromatic heterocycles. The van der Waals surface area contributed by atoms with E-state index in [4.69, 9.17) is 4.98 Å². The zero-order chi connectivity index (χ0) is 24.0. The zero-order valence-corrected chi connectivity index (χ0v) is 20.8. The number of hydrogen-bond donors (Lipinski definition) is 0. The highest BCUT2D eigenvalue weighted by Gasteiger charge is 2.28. The van der Waals surface area contributed by atoms with Crippen LogP contribution >= 0.6 is 11.3 Å². The number of nitrogens with zero attached hydrogens (tertiary/aromatic N) is 5. The molecule has 1 aliphatic heterocycles. The first-order valence-electron chi connectivity index (χ1n) is 11.5. The Morgan fingerprint density at radius 3 is 2.54 bits per heavy atom. The molecular formula is C26H23N5O2S2. The van der Waals surface area contributed by atoms with Crippen molar-refractivity contribution in [1.29, 1.82) is 0 Å². The summed E-state index contributed by atoms with van der Waals surface area (Å²) < 4.78 is 29.5. The molecule has 0 aliphatic carbocycles. The van der Waals surface area contributed by atoms with Crippen LogP contribution < -0.4 is 4.90 Å². The van der Waals surface area contributed by atoms with Crippen molar-refractivity contribution in [3.8, 4) is 0 Å². The monoisotopic (exact) mass is 501 g/mol. The predicted octanol–water partition coefficient (Wildman–Crippen LogP) is 5.03. The van der Waals surface area contributed by atoms with Gasteiger partial charge in [0.2, 0.25) is 14.9 Å². The van der Waals surface area contributed by atoms with E-state index in [2.05, 4.69) is 45.6 Å². The van der Waals surface area contributed by atoms with Crippen LogP contribution in [0.25, 0.3) is 21.4 Å². The van der Waals surface area contributed by atoms with Crippen molar-refractivity contribution < 1.29 is 8.42 Å². The van der Waals surface area contributed by atoms with Crippen molar-refractivity contribution in [1.82, 2.24) is 19.8 Å². The van der Waals surface area contributed by atoms with E-state index in [9.17, 15) is 8.42 Å². The molecule has 9 heteroatoms. The Morgan fingerprint density at radius 2 is 1.83 bits per heavy atom. The number of thiophene rings is 1. The van der Waals surface area contributed by atoms with Gasteiger partial charge in [-0.3, -0.25) is 0 Å². The Hall–Kier alpha value is -3.56. The first-order chi connectivity index (χ1) is 17.1. The molecule has 6 rings (SSSR count). The topological polar surface area (TPSA) is 80.5 Å². The third kappa shape index (κ3) is 3.71. The second-order valence-corrected chi connectivity index (χ2v) is 11.3. The van der Waals surface area contributed by atoms with Gasteiger partial charge in [-0.05, 0) is 53.1 Å². The lowest BCUT2D eigenvalue weighted by Crippen LogP contribution is -2.29. The van der Waals surface area contributed by atoms with Crippen molar-refractivity contribution in [2.24, 2.45) is 0 Å². The van der Waals surface area contributed by atoms with Crippen molar-refractivity contribution >= 4 is 48.4 Å². The van der Waals surface area contributed by atoms with E-state index in [0.29, 0.717) is 6.54 Å². The summed E-state index contributed by atoms with van der Waals surface area (Å²) in [7, 11) is -3.88. The van der Waals surface area contributed by atoms with Crippen LogP contribution in [-0.2, 0) is 16.3 Å². The molecule has 4 heterocycles. The van der Waals surface area contributed by atoms with Gasteiger partial charge in [0.25, 0.3) is 0 Å². The molecule has 0 unspecified atom stereocenters. The number of hydrogen-bond acceptors (Lipinski definition) is 7. The third-order valence-electron chi connectivity index (χ3n) is 6.45. The minimum absolute atomic E-state index is 0.117. The summed E-state index contributed by atoms with van der Waals surface area (Å²) in [5, 5.41) is 10.1. The van der Waals surface area contributed by atoms with Gasteiger partial charge in [-0.2, -0.15) is 4.52 Å². The number of fused-ring (bicyclic) bond motifs is 3. The number of sulfone groups is 1. The molecule has 0 bridgehead atoms. The minimum atomic E-state index is -3.88. The van der Waals surface area contributed by atoms with E-state index in [1.165, 1.54) is 15.7 Å². The molecule has 0 saturated carbocycles. The Morgan fingerprint density at radius 1 is 1.03 bits per heavy atom. The number of anilines is 1. The molecule has 0 atom stereocenters. The van der Waals surface area contributed by atoms with Crippen LogP contribution in [0.2, 0.25) is 0 Å². The summed E-state index contributed by atoms with van der Waals surface area (Å²) in [6, 6.07) is 19.3. The number of benzene rings is 2. The summed E-state index contributed by atoms with van der Waals surface area (Å²) >= 11 is 1.57. The average molecular weight is 502 g/mol. The lowest BCUT2D eigenvalue weighted by atomic mass is 10.00. The van der Waals surface area contributed by atoms with Crippen LogP contribution in [0.15, 0.2) is 82.0 Å². The molecule has 35 heavy (non-hydrogen) atoms. The highest BCUT2D eigenvalue weighted by Crippen LogP contribution is 2.35. The summed E-state index contributed by atoms with van der Waals surface area (Å²) in [5.74, 6) is 0.769. The largest absolute Gasteiger partial charge is 0.351 e. The molecular weight excluding hydrogens is 478 g/mol. The maximum absolute atomic E-state index is 13.5. The second kappa shape index (κ2) is 8.58. The molecule has 1 aliphatic rings. The number of aromatic nitrogens is 4. The molecule has 2 aromatic carbocycles. The van der Waals surface area contributed by atoms with E-state index in [1.54, 1.807) is 23.5 Å². The standard InChI is InChI=1S/C26H23N5O2S2/c1-2-18-8-10-21(11-9-18)35(32,33)26-25-27-24(23-22(14-17-34-23)31(25)29-28-26)30-15-12-20(13-16-30)19-6-4-3-5-7-19/h3-12,14,17H,2,13,15-16H2,1H3. The van der Waals surface area contributed by atoms with Gasteiger partial charge in [0.05, 0.1) is 15.1 Å². The smallest absolute Gasteiger partial charge is 0.229 e. The van der Waals surface area contributed by atoms with Gasteiger partial charge in [0.1, 0.15) is 0 Å². The molecule has 0 saturated heterocycles. The van der Waals surface area contributed by atoms with Crippen LogP contribution in [0, 0.1) is 0 Å². The molecule has 176 valence electrons. The van der Waals surface area contributed by atoms with E-state index in [0.717, 1.165) is 41.0 Å². The van der Waals surface area contributed by atoms with Gasteiger partial charge in [-0.25, -0.2) is 13.4 Å². The summed E-state index contributed by atoms with van der Waals surface area (Å²) in [6.45, 7) is 3.52. The number of rotatable bonds is 5. The molecule has 0 N–H and O–H groups in total. The fourth-order valence-electron chi connectivity index (χ4n) is 4.49. The van der Waals surface area contributed by atoms with Gasteiger partial charge in [-0.15, -0.1) is 16.4 Å². The SMILES string of the molecule is CCc1ccc(S(=O)(=O)c2nnn3c2nc(N2CC=C(c4ccccc4)CC2)c2sccc23)cc1. The van der Waals surface area contributed by atoms with Crippen LogP contribution in [0.3, 0.4) is 0 Å². The van der Waals surface area contributed by atoms with E-state index >= 15 is 0 Å². The van der Waals surface area contributed by atoms with Crippen LogP contribution in [0.5, 0.6) is 0 Å². The van der Waals surface area contributed by atoms with Gasteiger partial charge in [0.15, 0.2) is 11.5 Å². The summed E-state index contributed by atoms with van der Waals surface area (Å²) in [4.78, 5) is 7.24. The van der Waals surface area contributed by atoms with Gasteiger partial charge in [0, 0.05) is 13.1 Å².